The van der Waals surface area contributed by atoms with E-state index < -0.39 is 0 Å². The molecule has 0 radical (unpaired) electrons. The van der Waals surface area contributed by atoms with Crippen LogP contribution in [0.5, 0.6) is 5.75 Å². The van der Waals surface area contributed by atoms with Crippen LogP contribution in [-0.2, 0) is 6.42 Å². The Morgan fingerprint density at radius 1 is 1.35 bits per heavy atom. The molecule has 102 valence electrons. The number of benzene rings is 1. The van der Waals surface area contributed by atoms with Crippen molar-refractivity contribution in [2.45, 2.75) is 12.8 Å². The SMILES string of the molecule is O=C(Nc1cccc2c1NCCC2)c1ccncc1O. The number of para-hydroxylation sites is 1. The fourth-order valence-corrected chi connectivity index (χ4v) is 2.38. The fraction of sp³-hybridized carbons (Fsp3) is 0.200. The quantitative estimate of drug-likeness (QED) is 0.782. The van der Waals surface area contributed by atoms with Gasteiger partial charge in [-0.1, -0.05) is 12.1 Å². The Morgan fingerprint density at radius 3 is 3.10 bits per heavy atom. The third-order valence-electron chi connectivity index (χ3n) is 3.37. The van der Waals surface area contributed by atoms with Gasteiger partial charge in [0.2, 0.25) is 0 Å². The van der Waals surface area contributed by atoms with Crippen LogP contribution in [0.25, 0.3) is 0 Å². The number of carbonyl (C=O) groups excluding carboxylic acids is 1. The number of fused-ring (bicyclic) bond motifs is 1. The average Bonchev–Trinajstić information content (AvgIpc) is 2.48. The van der Waals surface area contributed by atoms with Crippen molar-refractivity contribution in [2.75, 3.05) is 17.2 Å². The van der Waals surface area contributed by atoms with E-state index in [4.69, 9.17) is 0 Å². The molecular weight excluding hydrogens is 254 g/mol. The van der Waals surface area contributed by atoms with Crippen LogP contribution in [-0.4, -0.2) is 22.5 Å². The van der Waals surface area contributed by atoms with Crippen molar-refractivity contribution in [1.82, 2.24) is 4.98 Å². The van der Waals surface area contributed by atoms with Gasteiger partial charge in [0.25, 0.3) is 5.91 Å². The molecule has 20 heavy (non-hydrogen) atoms. The highest BCUT2D eigenvalue weighted by Crippen LogP contribution is 2.30. The van der Waals surface area contributed by atoms with Crippen molar-refractivity contribution in [3.8, 4) is 5.75 Å². The predicted octanol–water partition coefficient (Wildman–Crippen LogP) is 2.40. The van der Waals surface area contributed by atoms with Crippen LogP contribution in [0.2, 0.25) is 0 Å². The largest absolute Gasteiger partial charge is 0.505 e. The molecule has 2 aromatic rings. The zero-order valence-electron chi connectivity index (χ0n) is 10.9. The van der Waals surface area contributed by atoms with Gasteiger partial charge in [-0.3, -0.25) is 9.78 Å². The van der Waals surface area contributed by atoms with Gasteiger partial charge in [-0.05, 0) is 30.5 Å². The first-order chi connectivity index (χ1) is 9.75. The first-order valence-corrected chi connectivity index (χ1v) is 6.56. The van der Waals surface area contributed by atoms with E-state index in [-0.39, 0.29) is 17.2 Å². The molecule has 0 unspecified atom stereocenters. The van der Waals surface area contributed by atoms with E-state index in [0.717, 1.165) is 30.8 Å². The molecule has 0 atom stereocenters. The summed E-state index contributed by atoms with van der Waals surface area (Å²) in [5.74, 6) is -0.464. The molecule has 0 fully saturated rings. The number of hydrogen-bond acceptors (Lipinski definition) is 4. The minimum atomic E-state index is -0.342. The Morgan fingerprint density at radius 2 is 2.25 bits per heavy atom. The average molecular weight is 269 g/mol. The summed E-state index contributed by atoms with van der Waals surface area (Å²) in [5, 5.41) is 15.8. The molecule has 5 heteroatoms. The van der Waals surface area contributed by atoms with Gasteiger partial charge < -0.3 is 15.7 Å². The Kier molecular flexibility index (Phi) is 3.25. The van der Waals surface area contributed by atoms with Crippen LogP contribution < -0.4 is 10.6 Å². The van der Waals surface area contributed by atoms with E-state index in [1.54, 1.807) is 0 Å². The van der Waals surface area contributed by atoms with Crippen LogP contribution in [0.15, 0.2) is 36.7 Å². The molecule has 0 aliphatic carbocycles. The maximum absolute atomic E-state index is 12.2. The van der Waals surface area contributed by atoms with E-state index >= 15 is 0 Å². The number of aromatic hydroxyl groups is 1. The molecule has 0 bridgehead atoms. The Bertz CT molecular complexity index is 655. The number of rotatable bonds is 2. The fourth-order valence-electron chi connectivity index (χ4n) is 2.38. The Labute approximate surface area is 116 Å². The van der Waals surface area contributed by atoms with E-state index in [1.165, 1.54) is 24.0 Å². The second-order valence-corrected chi connectivity index (χ2v) is 4.72. The lowest BCUT2D eigenvalue weighted by atomic mass is 10.0. The molecule has 0 saturated heterocycles. The minimum absolute atomic E-state index is 0.122. The Hall–Kier alpha value is -2.56. The zero-order chi connectivity index (χ0) is 13.9. The molecule has 1 aliphatic heterocycles. The summed E-state index contributed by atoms with van der Waals surface area (Å²) in [5.41, 5.74) is 3.13. The van der Waals surface area contributed by atoms with Crippen molar-refractivity contribution in [3.05, 3.63) is 47.8 Å². The molecule has 0 saturated carbocycles. The summed E-state index contributed by atoms with van der Waals surface area (Å²) in [6.07, 6.45) is 4.84. The standard InChI is InChI=1S/C15H15N3O2/c19-13-9-16-8-6-11(13)15(20)18-12-5-1-3-10-4-2-7-17-14(10)12/h1,3,5-6,8-9,17,19H,2,4,7H2,(H,18,20). The monoisotopic (exact) mass is 269 g/mol. The number of amides is 1. The highest BCUT2D eigenvalue weighted by atomic mass is 16.3. The number of hydrogen-bond donors (Lipinski definition) is 3. The van der Waals surface area contributed by atoms with Gasteiger partial charge in [-0.25, -0.2) is 0 Å². The molecule has 3 rings (SSSR count). The number of nitrogens with zero attached hydrogens (tertiary/aromatic N) is 1. The molecule has 1 aromatic heterocycles. The van der Waals surface area contributed by atoms with E-state index in [2.05, 4.69) is 21.7 Å². The smallest absolute Gasteiger partial charge is 0.259 e. The highest BCUT2D eigenvalue weighted by molar-refractivity contribution is 6.07. The first-order valence-electron chi connectivity index (χ1n) is 6.56. The van der Waals surface area contributed by atoms with Crippen molar-refractivity contribution >= 4 is 17.3 Å². The summed E-state index contributed by atoms with van der Waals surface area (Å²) in [6, 6.07) is 7.33. The number of carbonyl (C=O) groups is 1. The number of aryl methyl sites for hydroxylation is 1. The Balaban J connectivity index is 1.89. The van der Waals surface area contributed by atoms with Crippen molar-refractivity contribution in [3.63, 3.8) is 0 Å². The van der Waals surface area contributed by atoms with E-state index in [0.29, 0.717) is 0 Å². The molecule has 5 nitrogen and oxygen atoms in total. The molecule has 2 heterocycles. The van der Waals surface area contributed by atoms with Crippen molar-refractivity contribution in [2.24, 2.45) is 0 Å². The van der Waals surface area contributed by atoms with Crippen LogP contribution >= 0.6 is 0 Å². The lowest BCUT2D eigenvalue weighted by Gasteiger charge is -2.21. The summed E-state index contributed by atoms with van der Waals surface area (Å²) in [6.45, 7) is 0.903. The second kappa shape index (κ2) is 5.21. The van der Waals surface area contributed by atoms with Crippen LogP contribution in [0.1, 0.15) is 22.3 Å². The van der Waals surface area contributed by atoms with E-state index in [9.17, 15) is 9.90 Å². The normalized spacial score (nSPS) is 13.2. The first kappa shape index (κ1) is 12.5. The third-order valence-corrected chi connectivity index (χ3v) is 3.37. The summed E-state index contributed by atoms with van der Waals surface area (Å²) in [7, 11) is 0. The number of aromatic nitrogens is 1. The molecule has 1 aromatic carbocycles. The second-order valence-electron chi connectivity index (χ2n) is 4.72. The van der Waals surface area contributed by atoms with Gasteiger partial charge in [-0.15, -0.1) is 0 Å². The number of nitrogens with one attached hydrogen (secondary N) is 2. The maximum atomic E-state index is 12.2. The maximum Gasteiger partial charge on any atom is 0.259 e. The van der Waals surface area contributed by atoms with Crippen molar-refractivity contribution in [1.29, 1.82) is 0 Å². The van der Waals surface area contributed by atoms with Gasteiger partial charge in [0.1, 0.15) is 5.75 Å². The third kappa shape index (κ3) is 2.30. The molecule has 0 spiro atoms. The van der Waals surface area contributed by atoms with Gasteiger partial charge >= 0.3 is 0 Å². The van der Waals surface area contributed by atoms with Gasteiger partial charge in [0.05, 0.1) is 23.1 Å². The van der Waals surface area contributed by atoms with Crippen molar-refractivity contribution < 1.29 is 9.90 Å². The summed E-state index contributed by atoms with van der Waals surface area (Å²) in [4.78, 5) is 16.0. The minimum Gasteiger partial charge on any atom is -0.505 e. The zero-order valence-corrected chi connectivity index (χ0v) is 10.9. The van der Waals surface area contributed by atoms with Crippen LogP contribution in [0.4, 0.5) is 11.4 Å². The number of anilines is 2. The summed E-state index contributed by atoms with van der Waals surface area (Å²) >= 11 is 0. The summed E-state index contributed by atoms with van der Waals surface area (Å²) < 4.78 is 0. The van der Waals surface area contributed by atoms with Gasteiger partial charge in [0, 0.05) is 12.7 Å². The molecule has 1 amide bonds. The van der Waals surface area contributed by atoms with Crippen LogP contribution in [0, 0.1) is 0 Å². The molecular formula is C15H15N3O2. The lowest BCUT2D eigenvalue weighted by molar-refractivity contribution is 0.102. The molecule has 1 aliphatic rings. The predicted molar refractivity (Wildman–Crippen MR) is 77.1 cm³/mol. The van der Waals surface area contributed by atoms with E-state index in [1.807, 2.05) is 12.1 Å². The number of pyridine rings is 1. The van der Waals surface area contributed by atoms with Gasteiger partial charge in [-0.2, -0.15) is 0 Å². The topological polar surface area (TPSA) is 74.2 Å². The lowest BCUT2D eigenvalue weighted by Crippen LogP contribution is -2.17. The van der Waals surface area contributed by atoms with Gasteiger partial charge in [0.15, 0.2) is 0 Å². The van der Waals surface area contributed by atoms with Crippen LogP contribution in [0.3, 0.4) is 0 Å². The highest BCUT2D eigenvalue weighted by Gasteiger charge is 2.16. The molecule has 3 N–H and O–H groups in total.